The van der Waals surface area contributed by atoms with E-state index in [0.717, 1.165) is 12.8 Å². The molecule has 1 saturated carbocycles. The van der Waals surface area contributed by atoms with E-state index in [2.05, 4.69) is 0 Å². The van der Waals surface area contributed by atoms with Gasteiger partial charge in [0.2, 0.25) is 5.91 Å². The first-order chi connectivity index (χ1) is 15.6. The number of methoxy groups -OCH3 is 2. The summed E-state index contributed by atoms with van der Waals surface area (Å²) in [5.74, 6) is 1.40. The molecule has 1 fully saturated rings. The van der Waals surface area contributed by atoms with Crippen molar-refractivity contribution in [1.29, 1.82) is 0 Å². The van der Waals surface area contributed by atoms with Crippen molar-refractivity contribution in [2.75, 3.05) is 34.0 Å². The molecule has 0 saturated heterocycles. The number of carbonyl (C=O) groups is 1. The van der Waals surface area contributed by atoms with Crippen molar-refractivity contribution in [3.05, 3.63) is 40.4 Å². The molecule has 7 nitrogen and oxygen atoms in total. The molecule has 3 rings (SSSR count). The fraction of sp³-hybridized carbons (Fsp3) is 0.640. The summed E-state index contributed by atoms with van der Waals surface area (Å²) in [6.07, 6.45) is 7.24. The highest BCUT2D eigenvalue weighted by Gasteiger charge is 2.27. The van der Waals surface area contributed by atoms with Crippen molar-refractivity contribution in [2.45, 2.75) is 64.5 Å². The molecule has 1 amide bonds. The van der Waals surface area contributed by atoms with Crippen molar-refractivity contribution >= 4 is 16.8 Å². The van der Waals surface area contributed by atoms with E-state index in [0.29, 0.717) is 55.4 Å². The molecule has 0 radical (unpaired) electrons. The van der Waals surface area contributed by atoms with Crippen LogP contribution in [0.4, 0.5) is 0 Å². The van der Waals surface area contributed by atoms with Crippen molar-refractivity contribution in [3.63, 3.8) is 0 Å². The Bertz CT molecular complexity index is 936. The number of hydrogen-bond acceptors (Lipinski definition) is 5. The van der Waals surface area contributed by atoms with Gasteiger partial charge in [-0.3, -0.25) is 14.2 Å². The highest BCUT2D eigenvalue weighted by Crippen LogP contribution is 2.29. The molecular weight excluding hydrogens is 406 g/mol. The molecule has 2 aromatic rings. The maximum absolute atomic E-state index is 13.3. The molecule has 0 bridgehead atoms. The third-order valence-electron chi connectivity index (χ3n) is 6.56. The number of rotatable bonds is 12. The van der Waals surface area contributed by atoms with Crippen LogP contribution in [0.2, 0.25) is 0 Å². The third kappa shape index (κ3) is 5.95. The molecule has 176 valence electrons. The minimum absolute atomic E-state index is 0.0928. The molecule has 0 spiro atoms. The number of hydrogen-bond donors (Lipinski definition) is 0. The van der Waals surface area contributed by atoms with Crippen LogP contribution in [0.1, 0.15) is 63.7 Å². The van der Waals surface area contributed by atoms with E-state index in [-0.39, 0.29) is 17.5 Å². The normalized spacial score (nSPS) is 15.3. The van der Waals surface area contributed by atoms with Gasteiger partial charge >= 0.3 is 0 Å². The monoisotopic (exact) mass is 443 g/mol. The molecule has 1 aliphatic rings. The van der Waals surface area contributed by atoms with Crippen LogP contribution in [0.25, 0.3) is 10.9 Å². The Morgan fingerprint density at radius 3 is 2.62 bits per heavy atom. The second kappa shape index (κ2) is 12.1. The summed E-state index contributed by atoms with van der Waals surface area (Å²) in [5, 5.41) is 0.582. The van der Waals surface area contributed by atoms with Gasteiger partial charge in [0.15, 0.2) is 0 Å². The minimum atomic E-state index is -0.322. The Morgan fingerprint density at radius 1 is 1.19 bits per heavy atom. The maximum atomic E-state index is 13.3. The number of amides is 1. The molecule has 1 heterocycles. The Kier molecular flexibility index (Phi) is 9.23. The van der Waals surface area contributed by atoms with Gasteiger partial charge in [0, 0.05) is 33.8 Å². The summed E-state index contributed by atoms with van der Waals surface area (Å²) in [4.78, 5) is 33.3. The van der Waals surface area contributed by atoms with Crippen LogP contribution in [0.15, 0.2) is 29.1 Å². The van der Waals surface area contributed by atoms with E-state index >= 15 is 0 Å². The van der Waals surface area contributed by atoms with E-state index < -0.39 is 0 Å². The van der Waals surface area contributed by atoms with Crippen LogP contribution in [0.3, 0.4) is 0 Å². The minimum Gasteiger partial charge on any atom is -0.385 e. The first-order valence-electron chi connectivity index (χ1n) is 11.8. The summed E-state index contributed by atoms with van der Waals surface area (Å²) < 4.78 is 12.1. The van der Waals surface area contributed by atoms with Crippen LogP contribution < -0.4 is 5.56 Å². The predicted octanol–water partition coefficient (Wildman–Crippen LogP) is 3.94. The molecule has 7 heteroatoms. The van der Waals surface area contributed by atoms with Gasteiger partial charge in [0.1, 0.15) is 5.82 Å². The first-order valence-corrected chi connectivity index (χ1v) is 11.8. The summed E-state index contributed by atoms with van der Waals surface area (Å²) in [6, 6.07) is 7.05. The summed E-state index contributed by atoms with van der Waals surface area (Å²) in [5.41, 5.74) is 0.563. The van der Waals surface area contributed by atoms with Crippen molar-refractivity contribution in [3.8, 4) is 0 Å². The molecule has 1 aliphatic carbocycles. The lowest BCUT2D eigenvalue weighted by molar-refractivity contribution is -0.134. The van der Waals surface area contributed by atoms with Gasteiger partial charge in [-0.1, -0.05) is 37.8 Å². The van der Waals surface area contributed by atoms with Crippen molar-refractivity contribution in [2.24, 2.45) is 5.92 Å². The lowest BCUT2D eigenvalue weighted by Gasteiger charge is -2.31. The van der Waals surface area contributed by atoms with Gasteiger partial charge in [-0.2, -0.15) is 0 Å². The molecule has 32 heavy (non-hydrogen) atoms. The van der Waals surface area contributed by atoms with Crippen LogP contribution in [0, 0.1) is 5.92 Å². The zero-order valence-electron chi connectivity index (χ0n) is 19.7. The van der Waals surface area contributed by atoms with Crippen LogP contribution in [0.5, 0.6) is 0 Å². The molecule has 1 aromatic heterocycles. The molecule has 1 atom stereocenters. The number of benzene rings is 1. The van der Waals surface area contributed by atoms with Gasteiger partial charge in [0.05, 0.1) is 30.1 Å². The second-order valence-electron chi connectivity index (χ2n) is 8.74. The van der Waals surface area contributed by atoms with Gasteiger partial charge in [-0.05, 0) is 37.8 Å². The number of ether oxygens (including phenoxy) is 2. The Labute approximate surface area is 190 Å². The van der Waals surface area contributed by atoms with E-state index in [1.54, 1.807) is 24.9 Å². The lowest BCUT2D eigenvalue weighted by Crippen LogP contribution is -2.39. The van der Waals surface area contributed by atoms with Gasteiger partial charge in [0.25, 0.3) is 5.56 Å². The quantitative estimate of drug-likeness (QED) is 0.465. The fourth-order valence-electron chi connectivity index (χ4n) is 4.73. The molecular formula is C25H37N3O4. The van der Waals surface area contributed by atoms with Crippen molar-refractivity contribution < 1.29 is 14.3 Å². The van der Waals surface area contributed by atoms with Gasteiger partial charge in [-0.15, -0.1) is 0 Å². The number of carbonyl (C=O) groups excluding carboxylic acids is 1. The lowest BCUT2D eigenvalue weighted by atomic mass is 10.0. The van der Waals surface area contributed by atoms with Gasteiger partial charge < -0.3 is 14.4 Å². The number of aromatic nitrogens is 2. The summed E-state index contributed by atoms with van der Waals surface area (Å²) >= 11 is 0. The largest absolute Gasteiger partial charge is 0.385 e. The van der Waals surface area contributed by atoms with E-state index in [1.807, 2.05) is 30.0 Å². The van der Waals surface area contributed by atoms with E-state index in [1.165, 1.54) is 25.7 Å². The summed E-state index contributed by atoms with van der Waals surface area (Å²) in [6.45, 7) is 3.93. The van der Waals surface area contributed by atoms with E-state index in [9.17, 15) is 9.59 Å². The Balaban J connectivity index is 1.91. The Hall–Kier alpha value is -2.25. The van der Waals surface area contributed by atoms with Gasteiger partial charge in [-0.25, -0.2) is 4.98 Å². The number of nitrogens with zero attached hydrogens (tertiary/aromatic N) is 3. The van der Waals surface area contributed by atoms with Crippen LogP contribution in [-0.4, -0.2) is 54.3 Å². The SMILES string of the molecule is COCCCN(C(=O)CCC1CCCC1)C(C)c1nc2ccccc2c(=O)n1CCOC. The zero-order valence-corrected chi connectivity index (χ0v) is 19.7. The zero-order chi connectivity index (χ0) is 22.9. The maximum Gasteiger partial charge on any atom is 0.261 e. The van der Waals surface area contributed by atoms with Crippen molar-refractivity contribution in [1.82, 2.24) is 14.5 Å². The molecule has 1 unspecified atom stereocenters. The highest BCUT2D eigenvalue weighted by molar-refractivity contribution is 5.78. The average Bonchev–Trinajstić information content (AvgIpc) is 3.33. The predicted molar refractivity (Wildman–Crippen MR) is 126 cm³/mol. The number of para-hydroxylation sites is 1. The number of fused-ring (bicyclic) bond motifs is 1. The average molecular weight is 444 g/mol. The topological polar surface area (TPSA) is 73.7 Å². The third-order valence-corrected chi connectivity index (χ3v) is 6.56. The Morgan fingerprint density at radius 2 is 1.91 bits per heavy atom. The van der Waals surface area contributed by atoms with Crippen LogP contribution in [-0.2, 0) is 20.8 Å². The highest BCUT2D eigenvalue weighted by atomic mass is 16.5. The van der Waals surface area contributed by atoms with Crippen LogP contribution >= 0.6 is 0 Å². The molecule has 1 aromatic carbocycles. The first kappa shape index (κ1) is 24.4. The van der Waals surface area contributed by atoms with E-state index in [4.69, 9.17) is 14.5 Å². The summed E-state index contributed by atoms with van der Waals surface area (Å²) in [7, 11) is 3.29. The fourth-order valence-corrected chi connectivity index (χ4v) is 4.73. The molecule has 0 N–H and O–H groups in total. The molecule has 0 aliphatic heterocycles. The smallest absolute Gasteiger partial charge is 0.261 e. The standard InChI is InChI=1S/C25H37N3O4/c1-19(27(15-8-17-31-2)23(29)14-13-20-9-4-5-10-20)24-26-22-12-7-6-11-21(22)25(30)28(24)16-18-32-3/h6-7,11-12,19-20H,4-5,8-10,13-18H2,1-3H3. The second-order valence-corrected chi connectivity index (χ2v) is 8.74.